The Morgan fingerprint density at radius 3 is 3.00 bits per heavy atom. The number of nitrogens with one attached hydrogen (secondary N) is 1. The Bertz CT molecular complexity index is 1020. The van der Waals surface area contributed by atoms with E-state index in [1.54, 1.807) is 29.3 Å². The molecular weight excluding hydrogens is 332 g/mol. The second-order valence-electron chi connectivity index (χ2n) is 7.00. The molecule has 26 heavy (non-hydrogen) atoms. The van der Waals surface area contributed by atoms with Crippen LogP contribution in [0.25, 0.3) is 10.9 Å². The lowest BCUT2D eigenvalue weighted by molar-refractivity contribution is 0.0749. The van der Waals surface area contributed by atoms with E-state index in [0.29, 0.717) is 24.0 Å². The highest BCUT2D eigenvalue weighted by atomic mass is 16.5. The molecule has 0 aliphatic carbocycles. The number of nitrogens with zero attached hydrogens (tertiary/aromatic N) is 3. The molecule has 4 heterocycles. The van der Waals surface area contributed by atoms with Crippen molar-refractivity contribution in [3.05, 3.63) is 58.0 Å². The van der Waals surface area contributed by atoms with Gasteiger partial charge >= 0.3 is 0 Å². The number of aromatic amines is 1. The van der Waals surface area contributed by atoms with Crippen molar-refractivity contribution in [3.63, 3.8) is 0 Å². The summed E-state index contributed by atoms with van der Waals surface area (Å²) in [5, 5.41) is 4.53. The van der Waals surface area contributed by atoms with Gasteiger partial charge < -0.3 is 14.4 Å². The van der Waals surface area contributed by atoms with Gasteiger partial charge in [-0.3, -0.25) is 14.6 Å². The Morgan fingerprint density at radius 1 is 1.38 bits per heavy atom. The van der Waals surface area contributed by atoms with Crippen LogP contribution in [0.2, 0.25) is 0 Å². The largest absolute Gasteiger partial charge is 0.351 e. The molecule has 1 atom stereocenters. The molecule has 0 unspecified atom stereocenters. The van der Waals surface area contributed by atoms with Crippen molar-refractivity contribution in [2.24, 2.45) is 0 Å². The number of carbonyl (C=O) groups is 1. The van der Waals surface area contributed by atoms with Crippen LogP contribution in [0.3, 0.4) is 0 Å². The van der Waals surface area contributed by atoms with E-state index in [0.717, 1.165) is 17.8 Å². The Balaban J connectivity index is 1.55. The summed E-state index contributed by atoms with van der Waals surface area (Å²) < 4.78 is 5.21. The number of hydrogen-bond acceptors (Lipinski definition) is 5. The molecule has 0 aromatic carbocycles. The van der Waals surface area contributed by atoms with Crippen LogP contribution in [0.5, 0.6) is 0 Å². The van der Waals surface area contributed by atoms with Crippen molar-refractivity contribution in [1.82, 2.24) is 20.0 Å². The first-order valence-electron chi connectivity index (χ1n) is 8.77. The van der Waals surface area contributed by atoms with Crippen LogP contribution in [-0.2, 0) is 0 Å². The molecule has 1 aliphatic rings. The number of pyridine rings is 2. The Kier molecular flexibility index (Phi) is 4.06. The third kappa shape index (κ3) is 2.89. The maximum absolute atomic E-state index is 12.6. The lowest BCUT2D eigenvalue weighted by Gasteiger charge is -2.15. The van der Waals surface area contributed by atoms with Gasteiger partial charge in [0, 0.05) is 37.0 Å². The molecule has 134 valence electrons. The van der Waals surface area contributed by atoms with Crippen LogP contribution in [0.15, 0.2) is 39.8 Å². The summed E-state index contributed by atoms with van der Waals surface area (Å²) >= 11 is 0. The molecule has 4 rings (SSSR count). The fourth-order valence-corrected chi connectivity index (χ4v) is 3.34. The smallest absolute Gasteiger partial charge is 0.292 e. The molecule has 3 aromatic heterocycles. The van der Waals surface area contributed by atoms with E-state index in [4.69, 9.17) is 4.52 Å². The van der Waals surface area contributed by atoms with Crippen LogP contribution < -0.4 is 5.56 Å². The van der Waals surface area contributed by atoms with Crippen LogP contribution >= 0.6 is 0 Å². The van der Waals surface area contributed by atoms with Crippen LogP contribution in [-0.4, -0.2) is 39.0 Å². The van der Waals surface area contributed by atoms with Crippen molar-refractivity contribution in [2.45, 2.75) is 32.1 Å². The summed E-state index contributed by atoms with van der Waals surface area (Å²) in [6, 6.07) is 7.12. The van der Waals surface area contributed by atoms with Crippen molar-refractivity contribution >= 4 is 16.8 Å². The molecule has 1 fully saturated rings. The molecule has 1 N–H and O–H groups in total. The van der Waals surface area contributed by atoms with Gasteiger partial charge in [0.25, 0.3) is 11.5 Å². The van der Waals surface area contributed by atoms with Crippen molar-refractivity contribution in [2.75, 3.05) is 13.1 Å². The molecule has 7 heteroatoms. The van der Waals surface area contributed by atoms with E-state index < -0.39 is 0 Å². The number of likely N-dealkylation sites (tertiary alicyclic amines) is 1. The van der Waals surface area contributed by atoms with E-state index >= 15 is 0 Å². The second-order valence-corrected chi connectivity index (χ2v) is 7.00. The van der Waals surface area contributed by atoms with Gasteiger partial charge in [0.1, 0.15) is 0 Å². The quantitative estimate of drug-likeness (QED) is 0.782. The Labute approximate surface area is 150 Å². The molecule has 0 saturated carbocycles. The third-order valence-corrected chi connectivity index (χ3v) is 4.88. The maximum atomic E-state index is 12.6. The Hall–Kier alpha value is -2.96. The number of carbonyl (C=O) groups excluding carboxylic acids is 1. The van der Waals surface area contributed by atoms with Crippen molar-refractivity contribution in [1.29, 1.82) is 0 Å². The van der Waals surface area contributed by atoms with Gasteiger partial charge in [-0.1, -0.05) is 19.0 Å². The van der Waals surface area contributed by atoms with E-state index in [9.17, 15) is 9.59 Å². The highest BCUT2D eigenvalue weighted by molar-refractivity contribution is 5.91. The summed E-state index contributed by atoms with van der Waals surface area (Å²) in [5.41, 5.74) is 2.12. The average molecular weight is 352 g/mol. The first-order valence-corrected chi connectivity index (χ1v) is 8.77. The number of rotatable bonds is 3. The van der Waals surface area contributed by atoms with Gasteiger partial charge in [0.05, 0.1) is 16.6 Å². The lowest BCUT2D eigenvalue weighted by atomic mass is 10.0. The topological polar surface area (TPSA) is 92.1 Å². The molecule has 0 spiro atoms. The normalized spacial score (nSPS) is 17.3. The third-order valence-electron chi connectivity index (χ3n) is 4.88. The van der Waals surface area contributed by atoms with Gasteiger partial charge in [0.15, 0.2) is 0 Å². The summed E-state index contributed by atoms with van der Waals surface area (Å²) in [5.74, 6) is 0.392. The minimum absolute atomic E-state index is 0.0746. The first kappa shape index (κ1) is 16.5. The number of amides is 1. The summed E-state index contributed by atoms with van der Waals surface area (Å²) in [7, 11) is 0. The molecule has 1 saturated heterocycles. The van der Waals surface area contributed by atoms with Gasteiger partial charge in [0.2, 0.25) is 5.76 Å². The summed E-state index contributed by atoms with van der Waals surface area (Å²) in [4.78, 5) is 33.9. The standard InChI is InChI=1S/C19H20N4O3/c1-11(2)14-9-17(26-22-14)19(25)23-7-5-12(10-23)15-8-16-13(18(24)21-15)4-3-6-20-16/h3-4,6,8-9,11-12H,5,7,10H2,1-2H3,(H,21,24)/t12-/m0/s1. The highest BCUT2D eigenvalue weighted by Gasteiger charge is 2.31. The van der Waals surface area contributed by atoms with Crippen molar-refractivity contribution < 1.29 is 9.32 Å². The predicted molar refractivity (Wildman–Crippen MR) is 96.2 cm³/mol. The van der Waals surface area contributed by atoms with E-state index in [1.165, 1.54) is 0 Å². The SMILES string of the molecule is CC(C)c1cc(C(=O)N2CC[C@H](c3cc4ncccc4c(=O)[nH]3)C2)on1. The number of hydrogen-bond donors (Lipinski definition) is 1. The molecular formula is C19H20N4O3. The second kappa shape index (κ2) is 6.40. The fraction of sp³-hybridized carbons (Fsp3) is 0.368. The molecule has 0 bridgehead atoms. The predicted octanol–water partition coefficient (Wildman–Crippen LogP) is 2.66. The molecule has 1 amide bonds. The van der Waals surface area contributed by atoms with Gasteiger partial charge in [-0.05, 0) is 30.5 Å². The lowest BCUT2D eigenvalue weighted by Crippen LogP contribution is -2.28. The molecule has 0 radical (unpaired) electrons. The van der Waals surface area contributed by atoms with Crippen LogP contribution in [0.1, 0.15) is 54.0 Å². The average Bonchev–Trinajstić information content (AvgIpc) is 3.31. The number of H-pyrrole nitrogens is 1. The van der Waals surface area contributed by atoms with Crippen LogP contribution in [0, 0.1) is 0 Å². The van der Waals surface area contributed by atoms with Gasteiger partial charge in [-0.25, -0.2) is 0 Å². The fourth-order valence-electron chi connectivity index (χ4n) is 3.34. The van der Waals surface area contributed by atoms with Gasteiger partial charge in [-0.2, -0.15) is 0 Å². The van der Waals surface area contributed by atoms with Crippen molar-refractivity contribution in [3.8, 4) is 0 Å². The zero-order valence-corrected chi connectivity index (χ0v) is 14.7. The molecule has 3 aromatic rings. The summed E-state index contributed by atoms with van der Waals surface area (Å²) in [6.45, 7) is 5.15. The van der Waals surface area contributed by atoms with E-state index in [2.05, 4.69) is 15.1 Å². The maximum Gasteiger partial charge on any atom is 0.292 e. The van der Waals surface area contributed by atoms with Crippen LogP contribution in [0.4, 0.5) is 0 Å². The first-order chi connectivity index (χ1) is 12.5. The zero-order valence-electron chi connectivity index (χ0n) is 14.7. The molecule has 1 aliphatic heterocycles. The monoisotopic (exact) mass is 352 g/mol. The Morgan fingerprint density at radius 2 is 2.23 bits per heavy atom. The summed E-state index contributed by atoms with van der Waals surface area (Å²) in [6.07, 6.45) is 2.46. The van der Waals surface area contributed by atoms with E-state index in [-0.39, 0.29) is 29.1 Å². The minimum atomic E-state index is -0.159. The minimum Gasteiger partial charge on any atom is -0.351 e. The zero-order chi connectivity index (χ0) is 18.3. The number of fused-ring (bicyclic) bond motifs is 1. The van der Waals surface area contributed by atoms with Gasteiger partial charge in [-0.15, -0.1) is 0 Å². The number of aromatic nitrogens is 3. The molecule has 7 nitrogen and oxygen atoms in total. The highest BCUT2D eigenvalue weighted by Crippen LogP contribution is 2.28. The van der Waals surface area contributed by atoms with E-state index in [1.807, 2.05) is 19.9 Å².